The van der Waals surface area contributed by atoms with Crippen molar-refractivity contribution >= 4 is 17.4 Å². The van der Waals surface area contributed by atoms with Crippen molar-refractivity contribution in [2.75, 3.05) is 5.32 Å². The van der Waals surface area contributed by atoms with Crippen LogP contribution in [0.2, 0.25) is 5.15 Å². The molecule has 0 radical (unpaired) electrons. The van der Waals surface area contributed by atoms with Crippen LogP contribution in [-0.4, -0.2) is 16.0 Å². The monoisotopic (exact) mass is 281 g/mol. The van der Waals surface area contributed by atoms with E-state index in [9.17, 15) is 13.2 Å². The summed E-state index contributed by atoms with van der Waals surface area (Å²) in [5, 5.41) is 2.67. The molecule has 0 saturated heterocycles. The van der Waals surface area contributed by atoms with Gasteiger partial charge in [0.25, 0.3) is 0 Å². The molecule has 0 aromatic carbocycles. The summed E-state index contributed by atoms with van der Waals surface area (Å²) < 4.78 is 37.5. The van der Waals surface area contributed by atoms with Gasteiger partial charge in [-0.25, -0.2) is 9.97 Å². The third-order valence-electron chi connectivity index (χ3n) is 2.17. The van der Waals surface area contributed by atoms with E-state index in [1.807, 2.05) is 20.8 Å². The minimum Gasteiger partial charge on any atom is -0.367 e. The van der Waals surface area contributed by atoms with E-state index in [4.69, 9.17) is 11.6 Å². The van der Waals surface area contributed by atoms with Crippen LogP contribution < -0.4 is 5.32 Å². The zero-order chi connectivity index (χ0) is 13.9. The Balaban J connectivity index is 2.87. The first kappa shape index (κ1) is 15.0. The highest BCUT2D eigenvalue weighted by molar-refractivity contribution is 6.29. The van der Waals surface area contributed by atoms with E-state index in [1.165, 1.54) is 6.07 Å². The largest absolute Gasteiger partial charge is 0.451 e. The van der Waals surface area contributed by atoms with Crippen LogP contribution in [0.1, 0.15) is 33.0 Å². The second-order valence-corrected chi connectivity index (χ2v) is 4.96. The van der Waals surface area contributed by atoms with Crippen molar-refractivity contribution in [3.8, 4) is 0 Å². The molecule has 7 heteroatoms. The summed E-state index contributed by atoms with van der Waals surface area (Å²) >= 11 is 5.55. The normalized spacial score (nSPS) is 13.8. The van der Waals surface area contributed by atoms with Crippen LogP contribution in [0.4, 0.5) is 19.0 Å². The molecule has 1 aromatic heterocycles. The zero-order valence-electron chi connectivity index (χ0n) is 10.3. The molecular formula is C11H15ClF3N3. The van der Waals surface area contributed by atoms with Gasteiger partial charge in [-0.05, 0) is 19.3 Å². The molecule has 1 unspecified atom stereocenters. The van der Waals surface area contributed by atoms with Gasteiger partial charge in [0.15, 0.2) is 0 Å². The molecule has 0 aliphatic rings. The molecule has 0 aliphatic carbocycles. The van der Waals surface area contributed by atoms with E-state index in [1.54, 1.807) is 0 Å². The van der Waals surface area contributed by atoms with Crippen LogP contribution in [0, 0.1) is 5.92 Å². The van der Waals surface area contributed by atoms with Crippen molar-refractivity contribution in [3.63, 3.8) is 0 Å². The minimum absolute atomic E-state index is 0.0112. The molecule has 1 aromatic rings. The molecule has 3 nitrogen and oxygen atoms in total. The summed E-state index contributed by atoms with van der Waals surface area (Å²) in [4.78, 5) is 6.58. The fourth-order valence-corrected chi connectivity index (χ4v) is 1.82. The number of hydrogen-bond donors (Lipinski definition) is 1. The van der Waals surface area contributed by atoms with E-state index in [-0.39, 0.29) is 17.0 Å². The maximum absolute atomic E-state index is 12.5. The topological polar surface area (TPSA) is 37.8 Å². The number of nitrogens with one attached hydrogen (secondary N) is 1. The number of nitrogens with zero attached hydrogens (tertiary/aromatic N) is 2. The molecule has 102 valence electrons. The average Bonchev–Trinajstić information content (AvgIpc) is 2.13. The van der Waals surface area contributed by atoms with Crippen LogP contribution in [0.25, 0.3) is 0 Å². The molecule has 1 rings (SSSR count). The van der Waals surface area contributed by atoms with Gasteiger partial charge in [-0.2, -0.15) is 13.2 Å². The van der Waals surface area contributed by atoms with Crippen molar-refractivity contribution in [1.29, 1.82) is 0 Å². The molecule has 18 heavy (non-hydrogen) atoms. The second kappa shape index (κ2) is 5.73. The van der Waals surface area contributed by atoms with E-state index < -0.39 is 12.0 Å². The molecule has 1 N–H and O–H groups in total. The molecular weight excluding hydrogens is 267 g/mol. The van der Waals surface area contributed by atoms with Gasteiger partial charge in [0, 0.05) is 12.1 Å². The quantitative estimate of drug-likeness (QED) is 0.848. The lowest BCUT2D eigenvalue weighted by Crippen LogP contribution is -2.20. The Kier molecular flexibility index (Phi) is 4.78. The molecule has 0 fully saturated rings. The first-order chi connectivity index (χ1) is 8.18. The van der Waals surface area contributed by atoms with Crippen molar-refractivity contribution in [2.24, 2.45) is 5.92 Å². The van der Waals surface area contributed by atoms with Crippen molar-refractivity contribution < 1.29 is 13.2 Å². The van der Waals surface area contributed by atoms with Gasteiger partial charge < -0.3 is 5.32 Å². The number of rotatable bonds is 4. The van der Waals surface area contributed by atoms with Crippen molar-refractivity contribution in [3.05, 3.63) is 17.0 Å². The molecule has 1 heterocycles. The lowest BCUT2D eigenvalue weighted by molar-refractivity contribution is -0.144. The summed E-state index contributed by atoms with van der Waals surface area (Å²) in [6.45, 7) is 5.95. The number of anilines is 1. The highest BCUT2D eigenvalue weighted by Crippen LogP contribution is 2.28. The van der Waals surface area contributed by atoms with E-state index >= 15 is 0 Å². The number of alkyl halides is 3. The molecule has 0 bridgehead atoms. The molecule has 0 amide bonds. The molecule has 0 aliphatic heterocycles. The lowest BCUT2D eigenvalue weighted by atomic mass is 10.1. The zero-order valence-corrected chi connectivity index (χ0v) is 11.1. The molecule has 0 spiro atoms. The van der Waals surface area contributed by atoms with Crippen LogP contribution in [0.3, 0.4) is 0 Å². The summed E-state index contributed by atoms with van der Waals surface area (Å²) in [5.41, 5.74) is 0. The number of halogens is 4. The van der Waals surface area contributed by atoms with Gasteiger partial charge in [0.2, 0.25) is 5.82 Å². The van der Waals surface area contributed by atoms with Crippen LogP contribution in [0.5, 0.6) is 0 Å². The molecule has 1 atom stereocenters. The maximum Gasteiger partial charge on any atom is 0.451 e. The summed E-state index contributed by atoms with van der Waals surface area (Å²) in [6.07, 6.45) is -3.77. The van der Waals surface area contributed by atoms with Gasteiger partial charge in [-0.1, -0.05) is 25.4 Å². The Labute approximate surface area is 109 Å². The number of aromatic nitrogens is 2. The first-order valence-corrected chi connectivity index (χ1v) is 5.94. The summed E-state index contributed by atoms with van der Waals surface area (Å²) in [6, 6.07) is 1.30. The van der Waals surface area contributed by atoms with Gasteiger partial charge >= 0.3 is 6.18 Å². The van der Waals surface area contributed by atoms with E-state index in [2.05, 4.69) is 15.3 Å². The lowest BCUT2D eigenvalue weighted by Gasteiger charge is -2.17. The predicted molar refractivity (Wildman–Crippen MR) is 64.6 cm³/mol. The standard InChI is InChI=1S/C11H15ClF3N3/c1-6(2)4-7(3)16-9-5-8(12)17-10(18-9)11(13,14)15/h5-7H,4H2,1-3H3,(H,16,17,18). The Morgan fingerprint density at radius 3 is 2.39 bits per heavy atom. The van der Waals surface area contributed by atoms with Crippen molar-refractivity contribution in [2.45, 2.75) is 39.4 Å². The SMILES string of the molecule is CC(C)CC(C)Nc1cc(Cl)nc(C(F)(F)F)n1. The fraction of sp³-hybridized carbons (Fsp3) is 0.636. The van der Waals surface area contributed by atoms with Gasteiger partial charge in [-0.15, -0.1) is 0 Å². The van der Waals surface area contributed by atoms with Gasteiger partial charge in [0.1, 0.15) is 11.0 Å². The first-order valence-electron chi connectivity index (χ1n) is 5.56. The summed E-state index contributed by atoms with van der Waals surface area (Å²) in [5.74, 6) is -0.698. The van der Waals surface area contributed by atoms with E-state index in [0.717, 1.165) is 6.42 Å². The Morgan fingerprint density at radius 1 is 1.28 bits per heavy atom. The predicted octanol–water partition coefficient (Wildman–Crippen LogP) is 4.00. The van der Waals surface area contributed by atoms with Gasteiger partial charge in [-0.3, -0.25) is 0 Å². The van der Waals surface area contributed by atoms with Crippen LogP contribution >= 0.6 is 11.6 Å². The van der Waals surface area contributed by atoms with Crippen LogP contribution in [-0.2, 0) is 6.18 Å². The minimum atomic E-state index is -4.59. The number of hydrogen-bond acceptors (Lipinski definition) is 3. The van der Waals surface area contributed by atoms with Crippen LogP contribution in [0.15, 0.2) is 6.07 Å². The Hall–Kier alpha value is -1.04. The Bertz CT molecular complexity index is 407. The third-order valence-corrected chi connectivity index (χ3v) is 2.36. The fourth-order valence-electron chi connectivity index (χ4n) is 1.64. The highest BCUT2D eigenvalue weighted by atomic mass is 35.5. The smallest absolute Gasteiger partial charge is 0.367 e. The third kappa shape index (κ3) is 4.68. The summed E-state index contributed by atoms with van der Waals surface area (Å²) in [7, 11) is 0. The van der Waals surface area contributed by atoms with E-state index in [0.29, 0.717) is 5.92 Å². The maximum atomic E-state index is 12.5. The Morgan fingerprint density at radius 2 is 1.89 bits per heavy atom. The van der Waals surface area contributed by atoms with Crippen molar-refractivity contribution in [1.82, 2.24) is 9.97 Å². The van der Waals surface area contributed by atoms with Gasteiger partial charge in [0.05, 0.1) is 0 Å². The second-order valence-electron chi connectivity index (χ2n) is 4.57. The highest BCUT2D eigenvalue weighted by Gasteiger charge is 2.35. The average molecular weight is 282 g/mol. The molecule has 0 saturated carbocycles.